The Kier molecular flexibility index (Phi) is 5.05. The molecule has 0 spiro atoms. The van der Waals surface area contributed by atoms with Gasteiger partial charge in [-0.1, -0.05) is 13.8 Å². The summed E-state index contributed by atoms with van der Waals surface area (Å²) in [6.45, 7) is 7.55. The summed E-state index contributed by atoms with van der Waals surface area (Å²) in [6.07, 6.45) is 1.54. The molecule has 0 aliphatic carbocycles. The van der Waals surface area contributed by atoms with E-state index in [1.54, 1.807) is 13.8 Å². The zero-order chi connectivity index (χ0) is 11.4. The van der Waals surface area contributed by atoms with Crippen molar-refractivity contribution in [2.24, 2.45) is 5.73 Å². The maximum absolute atomic E-state index is 11.4. The quantitative estimate of drug-likeness (QED) is 0.699. The van der Waals surface area contributed by atoms with E-state index in [1.165, 1.54) is 0 Å². The van der Waals surface area contributed by atoms with Crippen LogP contribution in [0, 0.1) is 0 Å². The molecule has 0 unspecified atom stereocenters. The fraction of sp³-hybridized carbons (Fsp3) is 1.00. The topological polar surface area (TPSA) is 72.2 Å². The lowest BCUT2D eigenvalue weighted by Gasteiger charge is -2.27. The highest BCUT2D eigenvalue weighted by Gasteiger charge is 2.24. The Bertz CT molecular complexity index is 256. The predicted molar refractivity (Wildman–Crippen MR) is 59.6 cm³/mol. The summed E-state index contributed by atoms with van der Waals surface area (Å²) < 4.78 is 25.4. The zero-order valence-corrected chi connectivity index (χ0v) is 10.3. The molecule has 14 heavy (non-hydrogen) atoms. The number of hydrogen-bond acceptors (Lipinski definition) is 3. The largest absolute Gasteiger partial charge is 0.324 e. The lowest BCUT2D eigenvalue weighted by molar-refractivity contribution is 0.391. The lowest BCUT2D eigenvalue weighted by Crippen LogP contribution is -2.50. The molecule has 0 atom stereocenters. The van der Waals surface area contributed by atoms with Crippen molar-refractivity contribution in [3.05, 3.63) is 0 Å². The highest BCUT2D eigenvalue weighted by Crippen LogP contribution is 2.10. The van der Waals surface area contributed by atoms with Crippen molar-refractivity contribution in [1.82, 2.24) is 4.72 Å². The van der Waals surface area contributed by atoms with Crippen LogP contribution in [0.4, 0.5) is 0 Å². The molecule has 4 nitrogen and oxygen atoms in total. The van der Waals surface area contributed by atoms with Crippen LogP contribution in [0.1, 0.15) is 40.5 Å². The Hall–Kier alpha value is -0.130. The van der Waals surface area contributed by atoms with Gasteiger partial charge < -0.3 is 5.73 Å². The molecule has 0 saturated heterocycles. The van der Waals surface area contributed by atoms with E-state index in [4.69, 9.17) is 5.73 Å². The van der Waals surface area contributed by atoms with Crippen molar-refractivity contribution >= 4 is 10.0 Å². The molecule has 3 N–H and O–H groups in total. The third-order valence-electron chi connectivity index (χ3n) is 2.65. The minimum Gasteiger partial charge on any atom is -0.324 e. The summed E-state index contributed by atoms with van der Waals surface area (Å²) in [5.74, 6) is 0. The van der Waals surface area contributed by atoms with Gasteiger partial charge in [0.05, 0.1) is 5.25 Å². The first-order valence-electron chi connectivity index (χ1n) is 5.04. The first kappa shape index (κ1) is 13.9. The molecule has 0 radical (unpaired) electrons. The summed E-state index contributed by atoms with van der Waals surface area (Å²) in [7, 11) is -3.18. The summed E-state index contributed by atoms with van der Waals surface area (Å²) in [5.41, 5.74) is 5.56. The van der Waals surface area contributed by atoms with E-state index >= 15 is 0 Å². The summed E-state index contributed by atoms with van der Waals surface area (Å²) in [5, 5.41) is -0.402. The van der Waals surface area contributed by atoms with Gasteiger partial charge in [0.2, 0.25) is 10.0 Å². The van der Waals surface area contributed by atoms with Crippen molar-refractivity contribution in [2.75, 3.05) is 6.54 Å². The third-order valence-corrected chi connectivity index (χ3v) is 4.44. The van der Waals surface area contributed by atoms with Gasteiger partial charge in [-0.2, -0.15) is 0 Å². The molecular formula is C9H22N2O2S. The van der Waals surface area contributed by atoms with Gasteiger partial charge >= 0.3 is 0 Å². The van der Waals surface area contributed by atoms with Crippen molar-refractivity contribution in [1.29, 1.82) is 0 Å². The summed E-state index contributed by atoms with van der Waals surface area (Å²) in [6, 6.07) is 0. The first-order valence-corrected chi connectivity index (χ1v) is 6.59. The molecule has 0 aromatic rings. The van der Waals surface area contributed by atoms with Crippen LogP contribution in [-0.2, 0) is 10.0 Å². The average Bonchev–Trinajstić information content (AvgIpc) is 2.14. The molecule has 0 heterocycles. The van der Waals surface area contributed by atoms with Crippen LogP contribution in [0.3, 0.4) is 0 Å². The number of hydrogen-bond donors (Lipinski definition) is 2. The fourth-order valence-electron chi connectivity index (χ4n) is 0.911. The van der Waals surface area contributed by atoms with E-state index in [0.717, 1.165) is 12.8 Å². The van der Waals surface area contributed by atoms with Gasteiger partial charge in [0.15, 0.2) is 0 Å². The molecule has 86 valence electrons. The fourth-order valence-corrected chi connectivity index (χ4v) is 1.73. The van der Waals surface area contributed by atoms with Crippen LogP contribution in [0.2, 0.25) is 0 Å². The van der Waals surface area contributed by atoms with Gasteiger partial charge in [-0.05, 0) is 26.7 Å². The minimum absolute atomic E-state index is 0.320. The van der Waals surface area contributed by atoms with Crippen molar-refractivity contribution < 1.29 is 8.42 Å². The maximum atomic E-state index is 11.4. The Balaban J connectivity index is 4.31. The normalized spacial score (nSPS) is 13.6. The Labute approximate surface area is 87.3 Å². The van der Waals surface area contributed by atoms with E-state index in [1.807, 2.05) is 13.8 Å². The van der Waals surface area contributed by atoms with Gasteiger partial charge in [-0.3, -0.25) is 0 Å². The second kappa shape index (κ2) is 5.09. The average molecular weight is 222 g/mol. The van der Waals surface area contributed by atoms with Crippen molar-refractivity contribution in [3.63, 3.8) is 0 Å². The standard InChI is InChI=1S/C9H22N2O2S/c1-5-9(10,6-2)7-11-14(12,13)8(3)4/h8,11H,5-7,10H2,1-4H3. The number of nitrogens with two attached hydrogens (primary N) is 1. The van der Waals surface area contributed by atoms with Gasteiger partial charge in [0.25, 0.3) is 0 Å². The van der Waals surface area contributed by atoms with Gasteiger partial charge in [-0.25, -0.2) is 13.1 Å². The molecule has 0 rings (SSSR count). The molecular weight excluding hydrogens is 200 g/mol. The highest BCUT2D eigenvalue weighted by molar-refractivity contribution is 7.90. The zero-order valence-electron chi connectivity index (χ0n) is 9.50. The number of rotatable bonds is 6. The predicted octanol–water partition coefficient (Wildman–Crippen LogP) is 0.832. The van der Waals surface area contributed by atoms with E-state index in [2.05, 4.69) is 4.72 Å². The summed E-state index contributed by atoms with van der Waals surface area (Å²) >= 11 is 0. The van der Waals surface area contributed by atoms with Gasteiger partial charge in [0.1, 0.15) is 0 Å². The van der Waals surface area contributed by atoms with Crippen LogP contribution in [0.5, 0.6) is 0 Å². The molecule has 0 saturated carbocycles. The number of nitrogens with one attached hydrogen (secondary N) is 1. The first-order chi connectivity index (χ1) is 6.27. The number of sulfonamides is 1. The monoisotopic (exact) mass is 222 g/mol. The van der Waals surface area contributed by atoms with Crippen LogP contribution in [0.15, 0.2) is 0 Å². The van der Waals surface area contributed by atoms with Gasteiger partial charge in [-0.15, -0.1) is 0 Å². The van der Waals surface area contributed by atoms with Crippen molar-refractivity contribution in [2.45, 2.75) is 51.3 Å². The highest BCUT2D eigenvalue weighted by atomic mass is 32.2. The molecule has 0 aliphatic heterocycles. The molecule has 0 aliphatic rings. The Morgan fingerprint density at radius 2 is 1.71 bits per heavy atom. The summed E-state index contributed by atoms with van der Waals surface area (Å²) in [4.78, 5) is 0. The van der Waals surface area contributed by atoms with E-state index < -0.39 is 20.8 Å². The Morgan fingerprint density at radius 3 is 2.00 bits per heavy atom. The maximum Gasteiger partial charge on any atom is 0.213 e. The Morgan fingerprint density at radius 1 is 1.29 bits per heavy atom. The molecule has 0 fully saturated rings. The molecule has 0 bridgehead atoms. The third kappa shape index (κ3) is 3.94. The van der Waals surface area contributed by atoms with Crippen LogP contribution in [-0.4, -0.2) is 25.8 Å². The van der Waals surface area contributed by atoms with Crippen LogP contribution in [0.25, 0.3) is 0 Å². The van der Waals surface area contributed by atoms with E-state index in [0.29, 0.717) is 6.54 Å². The molecule has 0 aromatic heterocycles. The minimum atomic E-state index is -3.18. The van der Waals surface area contributed by atoms with Gasteiger partial charge in [0, 0.05) is 12.1 Å². The SMILES string of the molecule is CCC(N)(CC)CNS(=O)(=O)C(C)C. The van der Waals surface area contributed by atoms with E-state index in [9.17, 15) is 8.42 Å². The van der Waals surface area contributed by atoms with E-state index in [-0.39, 0.29) is 0 Å². The molecule has 0 amide bonds. The second-order valence-corrected chi connectivity index (χ2v) is 6.31. The second-order valence-electron chi connectivity index (χ2n) is 3.98. The smallest absolute Gasteiger partial charge is 0.213 e. The van der Waals surface area contributed by atoms with Crippen LogP contribution < -0.4 is 10.5 Å². The molecule has 0 aromatic carbocycles. The van der Waals surface area contributed by atoms with Crippen molar-refractivity contribution in [3.8, 4) is 0 Å². The molecule has 5 heteroatoms. The van der Waals surface area contributed by atoms with Crippen LogP contribution >= 0.6 is 0 Å². The lowest BCUT2D eigenvalue weighted by atomic mass is 9.95.